The summed E-state index contributed by atoms with van der Waals surface area (Å²) >= 11 is 0. The molecule has 0 aliphatic heterocycles. The van der Waals surface area contributed by atoms with Crippen LogP contribution in [0.4, 0.5) is 0 Å². The van der Waals surface area contributed by atoms with Crippen molar-refractivity contribution in [2.45, 2.75) is 53.1 Å². The van der Waals surface area contributed by atoms with Gasteiger partial charge in [0.25, 0.3) is 0 Å². The third kappa shape index (κ3) is 5.10. The Balaban J connectivity index is 4.37. The van der Waals surface area contributed by atoms with Crippen LogP contribution in [0.3, 0.4) is 0 Å². The van der Waals surface area contributed by atoms with Gasteiger partial charge in [0.2, 0.25) is 0 Å². The average Bonchev–Trinajstić information content (AvgIpc) is 2.03. The Bertz CT molecular complexity index is 125. The van der Waals surface area contributed by atoms with Gasteiger partial charge >= 0.3 is 8.72 Å². The highest BCUT2D eigenvalue weighted by atomic mass is 28.4. The minimum Gasteiger partial charge on any atom is -0.383 e. The molecule has 0 aromatic heterocycles. The minimum absolute atomic E-state index is 0.423. The predicted octanol–water partition coefficient (Wildman–Crippen LogP) is 2.41. The number of rotatable bonds is 8. The van der Waals surface area contributed by atoms with E-state index < -0.39 is 8.72 Å². The standard InChI is InChI=1S/C10H25NO2Si/c1-6-9-14(12-7-2,13-8-3)11-10(4)5/h10-11H,6-9H2,1-5H3. The molecule has 0 aliphatic carbocycles. The van der Waals surface area contributed by atoms with Gasteiger partial charge in [-0.25, -0.2) is 0 Å². The Morgan fingerprint density at radius 3 is 1.86 bits per heavy atom. The van der Waals surface area contributed by atoms with Crippen LogP contribution in [0.25, 0.3) is 0 Å². The van der Waals surface area contributed by atoms with E-state index in [0.29, 0.717) is 6.04 Å². The molecule has 0 fully saturated rings. The normalized spacial score (nSPS) is 12.4. The van der Waals surface area contributed by atoms with Crippen molar-refractivity contribution in [3.63, 3.8) is 0 Å². The van der Waals surface area contributed by atoms with Gasteiger partial charge in [-0.2, -0.15) is 0 Å². The highest BCUT2D eigenvalue weighted by Gasteiger charge is 2.37. The molecule has 0 saturated heterocycles. The summed E-state index contributed by atoms with van der Waals surface area (Å²) in [5.74, 6) is 0. The monoisotopic (exact) mass is 219 g/mol. The van der Waals surface area contributed by atoms with E-state index in [1.807, 2.05) is 13.8 Å². The lowest BCUT2D eigenvalue weighted by Crippen LogP contribution is -2.58. The Labute approximate surface area is 89.5 Å². The Hall–Kier alpha value is 0.0969. The molecule has 0 spiro atoms. The van der Waals surface area contributed by atoms with Gasteiger partial charge in [-0.05, 0) is 19.9 Å². The fraction of sp³-hybridized carbons (Fsp3) is 1.00. The summed E-state index contributed by atoms with van der Waals surface area (Å²) in [4.78, 5) is 3.49. The van der Waals surface area contributed by atoms with E-state index in [-0.39, 0.29) is 0 Å². The van der Waals surface area contributed by atoms with Crippen LogP contribution in [0, 0.1) is 0 Å². The molecular weight excluding hydrogens is 194 g/mol. The fourth-order valence-electron chi connectivity index (χ4n) is 1.58. The lowest BCUT2D eigenvalue weighted by Gasteiger charge is -2.31. The zero-order chi connectivity index (χ0) is 11.0. The Morgan fingerprint density at radius 2 is 1.57 bits per heavy atom. The van der Waals surface area contributed by atoms with Crippen LogP contribution in [-0.4, -0.2) is 28.0 Å². The second-order valence-electron chi connectivity index (χ2n) is 3.67. The molecule has 0 aromatic carbocycles. The van der Waals surface area contributed by atoms with Gasteiger partial charge in [0.1, 0.15) is 0 Å². The van der Waals surface area contributed by atoms with Gasteiger partial charge in [0.05, 0.1) is 0 Å². The Morgan fingerprint density at radius 1 is 1.07 bits per heavy atom. The lowest BCUT2D eigenvalue weighted by molar-refractivity contribution is 0.167. The van der Waals surface area contributed by atoms with Gasteiger partial charge in [-0.15, -0.1) is 0 Å². The summed E-state index contributed by atoms with van der Waals surface area (Å²) < 4.78 is 11.7. The molecule has 0 heterocycles. The van der Waals surface area contributed by atoms with Crippen molar-refractivity contribution in [2.75, 3.05) is 13.2 Å². The molecule has 0 aromatic rings. The molecule has 0 saturated carbocycles. The molecule has 0 aliphatic rings. The van der Waals surface area contributed by atoms with Crippen molar-refractivity contribution in [1.82, 2.24) is 4.98 Å². The van der Waals surface area contributed by atoms with Crippen molar-refractivity contribution in [2.24, 2.45) is 0 Å². The van der Waals surface area contributed by atoms with E-state index in [0.717, 1.165) is 25.7 Å². The van der Waals surface area contributed by atoms with Crippen molar-refractivity contribution in [3.05, 3.63) is 0 Å². The molecule has 14 heavy (non-hydrogen) atoms. The lowest BCUT2D eigenvalue weighted by atomic mass is 10.4. The number of hydrogen-bond acceptors (Lipinski definition) is 3. The molecule has 0 rings (SSSR count). The highest BCUT2D eigenvalue weighted by molar-refractivity contribution is 6.64. The summed E-state index contributed by atoms with van der Waals surface area (Å²) in [6.45, 7) is 11.9. The second-order valence-corrected chi connectivity index (χ2v) is 6.54. The summed E-state index contributed by atoms with van der Waals surface area (Å²) in [5.41, 5.74) is 0. The first kappa shape index (κ1) is 14.1. The zero-order valence-electron chi connectivity index (χ0n) is 10.2. The summed E-state index contributed by atoms with van der Waals surface area (Å²) in [6, 6.07) is 1.44. The van der Waals surface area contributed by atoms with Gasteiger partial charge in [0.15, 0.2) is 0 Å². The molecule has 0 amide bonds. The van der Waals surface area contributed by atoms with E-state index in [9.17, 15) is 0 Å². The zero-order valence-corrected chi connectivity index (χ0v) is 11.2. The van der Waals surface area contributed by atoms with Crippen LogP contribution in [0.5, 0.6) is 0 Å². The topological polar surface area (TPSA) is 30.5 Å². The van der Waals surface area contributed by atoms with E-state index >= 15 is 0 Å². The quantitative estimate of drug-likeness (QED) is 0.636. The molecule has 0 bridgehead atoms. The largest absolute Gasteiger partial charge is 0.425 e. The molecule has 86 valence electrons. The highest BCUT2D eigenvalue weighted by Crippen LogP contribution is 2.13. The van der Waals surface area contributed by atoms with Crippen LogP contribution in [0.1, 0.15) is 41.0 Å². The van der Waals surface area contributed by atoms with E-state index in [1.165, 1.54) is 0 Å². The van der Waals surface area contributed by atoms with Crippen molar-refractivity contribution in [1.29, 1.82) is 0 Å². The minimum atomic E-state index is -2.11. The summed E-state index contributed by atoms with van der Waals surface area (Å²) in [6.07, 6.45) is 1.10. The van der Waals surface area contributed by atoms with Gasteiger partial charge in [-0.3, -0.25) is 4.98 Å². The smallest absolute Gasteiger partial charge is 0.383 e. The SMILES string of the molecule is CCC[Si](NC(C)C)(OCC)OCC. The Kier molecular flexibility index (Phi) is 7.45. The first-order valence-corrected chi connectivity index (χ1v) is 7.68. The fourth-order valence-corrected chi connectivity index (χ4v) is 4.73. The van der Waals surface area contributed by atoms with E-state index in [2.05, 4.69) is 25.8 Å². The molecular formula is C10H25NO2Si. The molecule has 3 nitrogen and oxygen atoms in total. The first-order chi connectivity index (χ1) is 6.60. The summed E-state index contributed by atoms with van der Waals surface area (Å²) in [5, 5.41) is 0. The van der Waals surface area contributed by atoms with Crippen LogP contribution in [0.15, 0.2) is 0 Å². The average molecular weight is 219 g/mol. The number of nitrogens with one attached hydrogen (secondary N) is 1. The van der Waals surface area contributed by atoms with Gasteiger partial charge in [0, 0.05) is 19.3 Å². The third-order valence-electron chi connectivity index (χ3n) is 1.84. The van der Waals surface area contributed by atoms with Crippen LogP contribution in [-0.2, 0) is 8.85 Å². The van der Waals surface area contributed by atoms with Gasteiger partial charge in [-0.1, -0.05) is 27.2 Å². The second kappa shape index (κ2) is 7.40. The molecule has 4 heteroatoms. The molecule has 1 N–H and O–H groups in total. The first-order valence-electron chi connectivity index (χ1n) is 5.65. The molecule has 0 unspecified atom stereocenters. The third-order valence-corrected chi connectivity index (χ3v) is 5.53. The van der Waals surface area contributed by atoms with Crippen molar-refractivity contribution in [3.8, 4) is 0 Å². The predicted molar refractivity (Wildman–Crippen MR) is 62.4 cm³/mol. The molecule has 0 atom stereocenters. The van der Waals surface area contributed by atoms with Gasteiger partial charge < -0.3 is 8.85 Å². The van der Waals surface area contributed by atoms with Crippen LogP contribution in [0.2, 0.25) is 6.04 Å². The van der Waals surface area contributed by atoms with Crippen LogP contribution >= 0.6 is 0 Å². The summed E-state index contributed by atoms with van der Waals surface area (Å²) in [7, 11) is -2.11. The van der Waals surface area contributed by atoms with Crippen molar-refractivity contribution < 1.29 is 8.85 Å². The van der Waals surface area contributed by atoms with E-state index in [4.69, 9.17) is 8.85 Å². The van der Waals surface area contributed by atoms with E-state index in [1.54, 1.807) is 0 Å². The van der Waals surface area contributed by atoms with Crippen LogP contribution < -0.4 is 4.98 Å². The maximum atomic E-state index is 5.83. The number of hydrogen-bond donors (Lipinski definition) is 1. The van der Waals surface area contributed by atoms with Crippen molar-refractivity contribution >= 4 is 8.72 Å². The maximum absolute atomic E-state index is 5.83. The molecule has 0 radical (unpaired) electrons. The maximum Gasteiger partial charge on any atom is 0.425 e.